The minimum Gasteiger partial charge on any atom is -0.492 e. The second kappa shape index (κ2) is 7.24. The first-order valence-corrected chi connectivity index (χ1v) is 9.49. The number of benzene rings is 1. The van der Waals surface area contributed by atoms with Gasteiger partial charge in [0.05, 0.1) is 23.9 Å². The molecule has 1 aromatic carbocycles. The average Bonchev–Trinajstić information content (AvgIpc) is 3.27. The number of methoxy groups -OCH3 is 1. The number of hydrogen-bond acceptors (Lipinski definition) is 7. The number of nitrogens with zero attached hydrogens (tertiary/aromatic N) is 4. The van der Waals surface area contributed by atoms with Gasteiger partial charge in [-0.15, -0.1) is 0 Å². The van der Waals surface area contributed by atoms with Crippen LogP contribution in [0.5, 0.6) is 5.88 Å². The number of aromatic nitrogens is 3. The van der Waals surface area contributed by atoms with E-state index in [9.17, 15) is 14.3 Å². The van der Waals surface area contributed by atoms with Crippen molar-refractivity contribution < 1.29 is 19.0 Å². The predicted octanol–water partition coefficient (Wildman–Crippen LogP) is 2.61. The Morgan fingerprint density at radius 2 is 2.04 bits per heavy atom. The smallest absolute Gasteiger partial charge is 0.308 e. The second-order valence-corrected chi connectivity index (χ2v) is 7.54. The van der Waals surface area contributed by atoms with Crippen LogP contribution >= 0.6 is 11.3 Å². The molecule has 0 aliphatic carbocycles. The van der Waals surface area contributed by atoms with Crippen molar-refractivity contribution >= 4 is 22.3 Å². The summed E-state index contributed by atoms with van der Waals surface area (Å²) in [5.41, 5.74) is 0.868. The Kier molecular flexibility index (Phi) is 4.79. The van der Waals surface area contributed by atoms with E-state index in [0.29, 0.717) is 35.8 Å². The highest BCUT2D eigenvalue weighted by atomic mass is 32.1. The summed E-state index contributed by atoms with van der Waals surface area (Å²) in [7, 11) is 1.41. The largest absolute Gasteiger partial charge is 0.492 e. The summed E-state index contributed by atoms with van der Waals surface area (Å²) in [5.74, 6) is -0.573. The molecule has 1 N–H and O–H groups in total. The maximum Gasteiger partial charge on any atom is 0.308 e. The fourth-order valence-corrected chi connectivity index (χ4v) is 4.70. The van der Waals surface area contributed by atoms with Gasteiger partial charge in [0, 0.05) is 0 Å². The molecule has 1 saturated heterocycles. The third-order valence-electron chi connectivity index (χ3n) is 5.00. The highest BCUT2D eigenvalue weighted by Gasteiger charge is 2.33. The van der Waals surface area contributed by atoms with Gasteiger partial charge in [0.25, 0.3) is 0 Å². The van der Waals surface area contributed by atoms with Crippen molar-refractivity contribution in [2.24, 2.45) is 5.92 Å². The number of fused-ring (bicyclic) bond motifs is 1. The van der Waals surface area contributed by atoms with E-state index in [1.54, 1.807) is 12.1 Å². The van der Waals surface area contributed by atoms with Crippen molar-refractivity contribution in [2.45, 2.75) is 18.9 Å². The predicted molar refractivity (Wildman–Crippen MR) is 97.1 cm³/mol. The van der Waals surface area contributed by atoms with Crippen LogP contribution < -0.4 is 0 Å². The van der Waals surface area contributed by atoms with E-state index in [4.69, 9.17) is 4.74 Å². The Bertz CT molecular complexity index is 947. The summed E-state index contributed by atoms with van der Waals surface area (Å²) in [4.78, 5) is 19.5. The van der Waals surface area contributed by atoms with Crippen molar-refractivity contribution in [3.8, 4) is 5.88 Å². The number of likely N-dealkylation sites (tertiary alicyclic amines) is 1. The molecule has 27 heavy (non-hydrogen) atoms. The van der Waals surface area contributed by atoms with Gasteiger partial charge in [0.15, 0.2) is 0 Å². The average molecular weight is 390 g/mol. The number of thiazole rings is 1. The van der Waals surface area contributed by atoms with Gasteiger partial charge in [0.2, 0.25) is 10.8 Å². The SMILES string of the molecule is COC(=O)C1CCN([C@H](c2ccc(F)cc2)c2sc3ncnn3c2O)CC1. The third-order valence-corrected chi connectivity index (χ3v) is 6.09. The summed E-state index contributed by atoms with van der Waals surface area (Å²) in [6.45, 7) is 1.32. The summed E-state index contributed by atoms with van der Waals surface area (Å²) in [5, 5.41) is 14.7. The molecule has 9 heteroatoms. The van der Waals surface area contributed by atoms with Crippen LogP contribution in [0.4, 0.5) is 4.39 Å². The molecule has 1 fully saturated rings. The third kappa shape index (κ3) is 3.28. The molecule has 3 heterocycles. The van der Waals surface area contributed by atoms with Gasteiger partial charge in [-0.3, -0.25) is 9.69 Å². The van der Waals surface area contributed by atoms with Gasteiger partial charge >= 0.3 is 5.97 Å². The molecule has 3 aromatic rings. The van der Waals surface area contributed by atoms with Crippen molar-refractivity contribution in [1.29, 1.82) is 0 Å². The zero-order valence-corrected chi connectivity index (χ0v) is 15.5. The first-order chi connectivity index (χ1) is 13.1. The number of hydrogen-bond donors (Lipinski definition) is 1. The van der Waals surface area contributed by atoms with Gasteiger partial charge in [-0.25, -0.2) is 9.37 Å². The van der Waals surface area contributed by atoms with Gasteiger partial charge in [-0.2, -0.15) is 9.61 Å². The quantitative estimate of drug-likeness (QED) is 0.690. The summed E-state index contributed by atoms with van der Waals surface area (Å²) < 4.78 is 19.7. The summed E-state index contributed by atoms with van der Waals surface area (Å²) >= 11 is 1.36. The molecule has 0 amide bonds. The van der Waals surface area contributed by atoms with E-state index < -0.39 is 0 Å². The van der Waals surface area contributed by atoms with Crippen LogP contribution in [-0.4, -0.2) is 50.8 Å². The van der Waals surface area contributed by atoms with Crippen molar-refractivity contribution in [3.05, 3.63) is 46.9 Å². The molecular formula is C18H19FN4O3S. The van der Waals surface area contributed by atoms with E-state index in [1.165, 1.54) is 41.4 Å². The molecular weight excluding hydrogens is 371 g/mol. The first kappa shape index (κ1) is 17.9. The number of halogens is 1. The van der Waals surface area contributed by atoms with Gasteiger partial charge in [-0.1, -0.05) is 23.5 Å². The van der Waals surface area contributed by atoms with Crippen LogP contribution in [0.15, 0.2) is 30.6 Å². The molecule has 4 rings (SSSR count). The molecule has 0 saturated carbocycles. The lowest BCUT2D eigenvalue weighted by Gasteiger charge is -2.36. The number of piperidine rings is 1. The Morgan fingerprint density at radius 3 is 2.67 bits per heavy atom. The molecule has 0 bridgehead atoms. The highest BCUT2D eigenvalue weighted by molar-refractivity contribution is 7.17. The van der Waals surface area contributed by atoms with Crippen LogP contribution in [0.2, 0.25) is 0 Å². The molecule has 1 aliphatic rings. The Morgan fingerprint density at radius 1 is 1.33 bits per heavy atom. The highest BCUT2D eigenvalue weighted by Crippen LogP contribution is 2.41. The van der Waals surface area contributed by atoms with Gasteiger partial charge < -0.3 is 9.84 Å². The number of ether oxygens (including phenoxy) is 1. The Hall–Kier alpha value is -2.52. The van der Waals surface area contributed by atoms with Crippen molar-refractivity contribution in [1.82, 2.24) is 19.5 Å². The van der Waals surface area contributed by atoms with E-state index >= 15 is 0 Å². The monoisotopic (exact) mass is 390 g/mol. The van der Waals surface area contributed by atoms with Gasteiger partial charge in [0.1, 0.15) is 12.1 Å². The van der Waals surface area contributed by atoms with E-state index in [2.05, 4.69) is 15.0 Å². The summed E-state index contributed by atoms with van der Waals surface area (Å²) in [6, 6.07) is 6.01. The Labute approximate surface area is 159 Å². The van der Waals surface area contributed by atoms with E-state index in [1.807, 2.05) is 0 Å². The zero-order valence-electron chi connectivity index (χ0n) is 14.7. The van der Waals surface area contributed by atoms with Crippen molar-refractivity contribution in [3.63, 3.8) is 0 Å². The fourth-order valence-electron chi connectivity index (χ4n) is 3.61. The summed E-state index contributed by atoms with van der Waals surface area (Å²) in [6.07, 6.45) is 2.74. The van der Waals surface area contributed by atoms with Crippen LogP contribution in [-0.2, 0) is 9.53 Å². The molecule has 0 radical (unpaired) electrons. The van der Waals surface area contributed by atoms with Crippen LogP contribution in [0.1, 0.15) is 29.3 Å². The van der Waals surface area contributed by atoms with E-state index in [-0.39, 0.29) is 29.6 Å². The first-order valence-electron chi connectivity index (χ1n) is 8.67. The lowest BCUT2D eigenvalue weighted by molar-refractivity contribution is -0.147. The molecule has 0 unspecified atom stereocenters. The standard InChI is InChI=1S/C18H19FN4O3S/c1-26-17(25)12-6-8-22(9-7-12)14(11-2-4-13(19)5-3-11)15-16(24)23-18(27-15)20-10-21-23/h2-5,10,12,14,24H,6-9H2,1H3/t14-/m1/s1. The normalized spacial score (nSPS) is 17.3. The van der Waals surface area contributed by atoms with Crippen LogP contribution in [0.25, 0.3) is 4.96 Å². The maximum absolute atomic E-state index is 13.4. The number of carbonyl (C=O) groups is 1. The molecule has 2 aromatic heterocycles. The number of aromatic hydroxyl groups is 1. The van der Waals surface area contributed by atoms with Crippen molar-refractivity contribution in [2.75, 3.05) is 20.2 Å². The molecule has 0 spiro atoms. The van der Waals surface area contributed by atoms with Crippen LogP contribution in [0, 0.1) is 11.7 Å². The molecule has 1 atom stereocenters. The number of carbonyl (C=O) groups excluding carboxylic acids is 1. The minimum absolute atomic E-state index is 0.0388. The topological polar surface area (TPSA) is 80.0 Å². The number of esters is 1. The zero-order chi connectivity index (χ0) is 19.0. The molecule has 7 nitrogen and oxygen atoms in total. The lowest BCUT2D eigenvalue weighted by Crippen LogP contribution is -2.39. The fraction of sp³-hybridized carbons (Fsp3) is 0.389. The van der Waals surface area contributed by atoms with Gasteiger partial charge in [-0.05, 0) is 43.6 Å². The Balaban J connectivity index is 1.69. The van der Waals surface area contributed by atoms with Crippen LogP contribution in [0.3, 0.4) is 0 Å². The lowest BCUT2D eigenvalue weighted by atomic mass is 9.93. The minimum atomic E-state index is -0.311. The molecule has 142 valence electrons. The molecule has 1 aliphatic heterocycles. The van der Waals surface area contributed by atoms with E-state index in [0.717, 1.165) is 5.56 Å². The number of rotatable bonds is 4. The maximum atomic E-state index is 13.4. The second-order valence-electron chi connectivity index (χ2n) is 6.53.